The van der Waals surface area contributed by atoms with Crippen LogP contribution in [0, 0.1) is 0 Å². The molecule has 9 heteroatoms. The Hall–Kier alpha value is -2.78. The molecule has 1 fully saturated rings. The number of amidine groups is 1. The van der Waals surface area contributed by atoms with E-state index >= 15 is 0 Å². The number of amides is 1. The number of benzene rings is 2. The summed E-state index contributed by atoms with van der Waals surface area (Å²) >= 11 is 4.76. The summed E-state index contributed by atoms with van der Waals surface area (Å²) in [5.41, 5.74) is 1.37. The van der Waals surface area contributed by atoms with E-state index in [0.29, 0.717) is 40.5 Å². The van der Waals surface area contributed by atoms with E-state index in [1.165, 1.54) is 28.8 Å². The highest BCUT2D eigenvalue weighted by Gasteiger charge is 2.30. The van der Waals surface area contributed by atoms with Crippen molar-refractivity contribution in [1.29, 1.82) is 0 Å². The summed E-state index contributed by atoms with van der Waals surface area (Å²) in [6.07, 6.45) is 1.77. The largest absolute Gasteiger partial charge is 0.490 e. The van der Waals surface area contributed by atoms with E-state index in [1.807, 2.05) is 26.0 Å². The molecular weight excluding hydrogens is 484 g/mol. The first-order valence-corrected chi connectivity index (χ1v) is 11.1. The van der Waals surface area contributed by atoms with Crippen LogP contribution in [0.5, 0.6) is 11.5 Å². The predicted molar refractivity (Wildman–Crippen MR) is 125 cm³/mol. The zero-order chi connectivity index (χ0) is 22.5. The van der Waals surface area contributed by atoms with Crippen molar-refractivity contribution >= 4 is 56.5 Å². The molecule has 0 aromatic heterocycles. The van der Waals surface area contributed by atoms with Crippen LogP contribution in [0.2, 0.25) is 0 Å². The lowest BCUT2D eigenvalue weighted by Gasteiger charge is -2.13. The lowest BCUT2D eigenvalue weighted by atomic mass is 10.2. The van der Waals surface area contributed by atoms with Crippen molar-refractivity contribution in [3.05, 3.63) is 56.9 Å². The number of hydrogen-bond acceptors (Lipinski definition) is 6. The molecule has 3 rings (SSSR count). The number of hydrogen-bond donors (Lipinski definition) is 1. The molecule has 31 heavy (non-hydrogen) atoms. The van der Waals surface area contributed by atoms with Crippen LogP contribution in [0.3, 0.4) is 0 Å². The van der Waals surface area contributed by atoms with Crippen LogP contribution < -0.4 is 9.47 Å². The molecule has 162 valence electrons. The minimum atomic E-state index is -1.03. The number of nitrogens with zero attached hydrogens (tertiary/aromatic N) is 2. The number of carboxylic acid groups (broad SMARTS) is 1. The third-order valence-electron chi connectivity index (χ3n) is 4.27. The smallest absolute Gasteiger partial charge is 0.335 e. The zero-order valence-corrected chi connectivity index (χ0v) is 19.6. The Balaban J connectivity index is 1.94. The molecule has 0 spiro atoms. The molecule has 0 bridgehead atoms. The maximum absolute atomic E-state index is 12.8. The fourth-order valence-corrected chi connectivity index (χ4v) is 4.22. The second kappa shape index (κ2) is 10.0. The first kappa shape index (κ1) is 22.9. The first-order chi connectivity index (χ1) is 14.8. The number of aliphatic imine (C=N–C) groups is 1. The SMILES string of the molecule is CCOc1cc(Br)c(C=C2SC(=Nc3cccc(C(=O)O)c3)N(C)C2=O)cc1OCC. The molecule has 0 unspecified atom stereocenters. The van der Waals surface area contributed by atoms with E-state index < -0.39 is 5.97 Å². The third-order valence-corrected chi connectivity index (χ3v) is 6.02. The molecule has 1 aliphatic rings. The molecule has 1 heterocycles. The van der Waals surface area contributed by atoms with Gasteiger partial charge < -0.3 is 14.6 Å². The zero-order valence-electron chi connectivity index (χ0n) is 17.2. The summed E-state index contributed by atoms with van der Waals surface area (Å²) < 4.78 is 12.1. The highest BCUT2D eigenvalue weighted by molar-refractivity contribution is 9.10. The van der Waals surface area contributed by atoms with Gasteiger partial charge in [0.05, 0.1) is 29.4 Å². The van der Waals surface area contributed by atoms with Crippen LogP contribution in [-0.2, 0) is 4.79 Å². The van der Waals surface area contributed by atoms with Gasteiger partial charge >= 0.3 is 5.97 Å². The molecule has 1 amide bonds. The molecule has 1 aliphatic heterocycles. The number of carbonyl (C=O) groups excluding carboxylic acids is 1. The van der Waals surface area contributed by atoms with E-state index in [-0.39, 0.29) is 11.5 Å². The molecule has 2 aromatic rings. The van der Waals surface area contributed by atoms with Crippen molar-refractivity contribution in [2.24, 2.45) is 4.99 Å². The van der Waals surface area contributed by atoms with Gasteiger partial charge in [0.1, 0.15) is 0 Å². The van der Waals surface area contributed by atoms with Crippen molar-refractivity contribution in [3.63, 3.8) is 0 Å². The topological polar surface area (TPSA) is 88.4 Å². The van der Waals surface area contributed by atoms with Crippen molar-refractivity contribution in [1.82, 2.24) is 4.90 Å². The molecule has 0 radical (unpaired) electrons. The average molecular weight is 505 g/mol. The van der Waals surface area contributed by atoms with Crippen molar-refractivity contribution in [2.75, 3.05) is 20.3 Å². The Bertz CT molecular complexity index is 1080. The lowest BCUT2D eigenvalue weighted by molar-refractivity contribution is -0.121. The third kappa shape index (κ3) is 5.29. The van der Waals surface area contributed by atoms with Crippen molar-refractivity contribution < 1.29 is 24.2 Å². The molecule has 1 saturated heterocycles. The van der Waals surface area contributed by atoms with E-state index in [9.17, 15) is 9.59 Å². The Morgan fingerprint density at radius 1 is 1.19 bits per heavy atom. The van der Waals surface area contributed by atoms with Gasteiger partial charge in [-0.3, -0.25) is 9.69 Å². The Labute approximate surface area is 192 Å². The van der Waals surface area contributed by atoms with Crippen LogP contribution in [0.1, 0.15) is 29.8 Å². The standard InChI is InChI=1S/C22H21BrN2O5S/c1-4-29-17-10-14(16(23)12-18(17)30-5-2)11-19-20(26)25(3)22(31-19)24-15-8-6-7-13(9-15)21(27)28/h6-12H,4-5H2,1-3H3,(H,27,28). The highest BCUT2D eigenvalue weighted by Crippen LogP contribution is 2.38. The van der Waals surface area contributed by atoms with E-state index in [1.54, 1.807) is 25.3 Å². The van der Waals surface area contributed by atoms with Gasteiger partial charge in [0.25, 0.3) is 5.91 Å². The molecule has 0 saturated carbocycles. The number of carboxylic acids is 1. The average Bonchev–Trinajstić information content (AvgIpc) is 2.99. The van der Waals surface area contributed by atoms with Gasteiger partial charge in [0.2, 0.25) is 0 Å². The minimum absolute atomic E-state index is 0.136. The summed E-state index contributed by atoms with van der Waals surface area (Å²) in [5, 5.41) is 9.62. The second-order valence-corrected chi connectivity index (χ2v) is 8.27. The summed E-state index contributed by atoms with van der Waals surface area (Å²) in [6.45, 7) is 4.79. The van der Waals surface area contributed by atoms with E-state index in [0.717, 1.165) is 10.0 Å². The fraction of sp³-hybridized carbons (Fsp3) is 0.227. The van der Waals surface area contributed by atoms with E-state index in [4.69, 9.17) is 14.6 Å². The monoisotopic (exact) mass is 504 g/mol. The first-order valence-electron chi connectivity index (χ1n) is 9.52. The quantitative estimate of drug-likeness (QED) is 0.522. The van der Waals surface area contributed by atoms with Gasteiger partial charge in [-0.05, 0) is 67.6 Å². The van der Waals surface area contributed by atoms with Crippen LogP contribution in [0.25, 0.3) is 6.08 Å². The van der Waals surface area contributed by atoms with Crippen molar-refractivity contribution in [3.8, 4) is 11.5 Å². The normalized spacial score (nSPS) is 16.3. The van der Waals surface area contributed by atoms with Gasteiger partial charge in [0, 0.05) is 11.5 Å². The van der Waals surface area contributed by atoms with Crippen LogP contribution in [0.4, 0.5) is 5.69 Å². The van der Waals surface area contributed by atoms with Gasteiger partial charge in [-0.1, -0.05) is 22.0 Å². The fourth-order valence-electron chi connectivity index (χ4n) is 2.81. The van der Waals surface area contributed by atoms with Gasteiger partial charge in [-0.2, -0.15) is 0 Å². The van der Waals surface area contributed by atoms with Crippen LogP contribution in [-0.4, -0.2) is 47.3 Å². The Kier molecular flexibility index (Phi) is 7.40. The summed E-state index contributed by atoms with van der Waals surface area (Å²) in [7, 11) is 1.63. The number of aromatic carboxylic acids is 1. The van der Waals surface area contributed by atoms with E-state index in [2.05, 4.69) is 20.9 Å². The minimum Gasteiger partial charge on any atom is -0.490 e. The summed E-state index contributed by atoms with van der Waals surface area (Å²) in [5.74, 6) is -0.00230. The maximum Gasteiger partial charge on any atom is 0.335 e. The predicted octanol–water partition coefficient (Wildman–Crippen LogP) is 5.18. The Morgan fingerprint density at radius 3 is 2.52 bits per heavy atom. The molecule has 0 atom stereocenters. The molecule has 1 N–H and O–H groups in total. The van der Waals surface area contributed by atoms with Crippen molar-refractivity contribution in [2.45, 2.75) is 13.8 Å². The number of rotatable bonds is 7. The second-order valence-electron chi connectivity index (χ2n) is 6.41. The maximum atomic E-state index is 12.8. The molecule has 2 aromatic carbocycles. The van der Waals surface area contributed by atoms with Gasteiger partial charge in [0.15, 0.2) is 16.7 Å². The Morgan fingerprint density at radius 2 is 1.87 bits per heavy atom. The summed E-state index contributed by atoms with van der Waals surface area (Å²) in [6, 6.07) is 9.91. The number of ether oxygens (including phenoxy) is 2. The molecule has 7 nitrogen and oxygen atoms in total. The molecule has 0 aliphatic carbocycles. The number of halogens is 1. The highest BCUT2D eigenvalue weighted by atomic mass is 79.9. The number of likely N-dealkylation sites (N-methyl/N-ethyl adjacent to an activating group) is 1. The van der Waals surface area contributed by atoms with Gasteiger partial charge in [-0.25, -0.2) is 9.79 Å². The van der Waals surface area contributed by atoms with Crippen LogP contribution >= 0.6 is 27.7 Å². The summed E-state index contributed by atoms with van der Waals surface area (Å²) in [4.78, 5) is 30.3. The van der Waals surface area contributed by atoms with Crippen LogP contribution in [0.15, 0.2) is 50.8 Å². The van der Waals surface area contributed by atoms with Gasteiger partial charge in [-0.15, -0.1) is 0 Å². The lowest BCUT2D eigenvalue weighted by Crippen LogP contribution is -2.23. The number of carbonyl (C=O) groups is 2. The number of thioether (sulfide) groups is 1. The molecular formula is C22H21BrN2O5S.